The lowest BCUT2D eigenvalue weighted by Crippen LogP contribution is -2.40. The number of hydrogen-bond acceptors (Lipinski definition) is 2. The van der Waals surface area contributed by atoms with Gasteiger partial charge in [0.05, 0.1) is 0 Å². The van der Waals surface area contributed by atoms with Crippen LogP contribution in [0.5, 0.6) is 0 Å². The molecule has 26 heavy (non-hydrogen) atoms. The number of benzene rings is 1. The van der Waals surface area contributed by atoms with E-state index in [0.29, 0.717) is 5.92 Å². The van der Waals surface area contributed by atoms with Gasteiger partial charge in [0.15, 0.2) is 5.96 Å². The first-order chi connectivity index (χ1) is 12.3. The lowest BCUT2D eigenvalue weighted by Gasteiger charge is -2.32. The number of halogens is 2. The Morgan fingerprint density at radius 2 is 1.85 bits per heavy atom. The fourth-order valence-corrected chi connectivity index (χ4v) is 3.96. The van der Waals surface area contributed by atoms with Crippen LogP contribution in [-0.2, 0) is 6.54 Å². The fourth-order valence-electron chi connectivity index (χ4n) is 3.76. The van der Waals surface area contributed by atoms with Crippen LogP contribution in [0.3, 0.4) is 0 Å². The van der Waals surface area contributed by atoms with Crippen molar-refractivity contribution in [2.24, 2.45) is 10.9 Å². The summed E-state index contributed by atoms with van der Waals surface area (Å²) in [6.45, 7) is 9.62. The van der Waals surface area contributed by atoms with Gasteiger partial charge in [-0.05, 0) is 63.2 Å². The molecule has 4 nitrogen and oxygen atoms in total. The topological polar surface area (TPSA) is 30.9 Å². The third kappa shape index (κ3) is 6.27. The summed E-state index contributed by atoms with van der Waals surface area (Å²) in [4.78, 5) is 9.87. The molecule has 1 aromatic carbocycles. The Kier molecular flexibility index (Phi) is 9.50. The first kappa shape index (κ1) is 21.8. The quantitative estimate of drug-likeness (QED) is 0.381. The van der Waals surface area contributed by atoms with E-state index in [1.54, 1.807) is 0 Å². The SMILES string of the molecule is CCNC(=NCC1CCN(Cc2ccccc2Cl)CC1)N1CCCC1.I. The number of piperidine rings is 1. The Hall–Kier alpha value is -0.530. The predicted octanol–water partition coefficient (Wildman–Crippen LogP) is 4.23. The van der Waals surface area contributed by atoms with E-state index in [0.717, 1.165) is 56.8 Å². The molecular formula is C20H32ClIN4. The molecule has 0 amide bonds. The van der Waals surface area contributed by atoms with Crippen LogP contribution in [0.4, 0.5) is 0 Å². The summed E-state index contributed by atoms with van der Waals surface area (Å²) in [6.07, 6.45) is 5.05. The molecular weight excluding hydrogens is 459 g/mol. The number of nitrogens with one attached hydrogen (secondary N) is 1. The van der Waals surface area contributed by atoms with E-state index in [-0.39, 0.29) is 24.0 Å². The van der Waals surface area contributed by atoms with Crippen molar-refractivity contribution in [3.63, 3.8) is 0 Å². The average Bonchev–Trinajstić information content (AvgIpc) is 3.16. The number of aliphatic imine (C=N–C) groups is 1. The predicted molar refractivity (Wildman–Crippen MR) is 122 cm³/mol. The van der Waals surface area contributed by atoms with E-state index in [1.165, 1.54) is 31.2 Å². The molecule has 0 aromatic heterocycles. The van der Waals surface area contributed by atoms with Gasteiger partial charge in [-0.1, -0.05) is 29.8 Å². The monoisotopic (exact) mass is 490 g/mol. The van der Waals surface area contributed by atoms with Crippen LogP contribution in [0.2, 0.25) is 5.02 Å². The van der Waals surface area contributed by atoms with Crippen LogP contribution in [0.15, 0.2) is 29.3 Å². The van der Waals surface area contributed by atoms with E-state index in [2.05, 4.69) is 34.2 Å². The molecule has 0 aliphatic carbocycles. The maximum atomic E-state index is 6.29. The highest BCUT2D eigenvalue weighted by molar-refractivity contribution is 14.0. The molecule has 0 unspecified atom stereocenters. The molecule has 2 aliphatic rings. The number of nitrogens with zero attached hydrogens (tertiary/aromatic N) is 3. The highest BCUT2D eigenvalue weighted by Gasteiger charge is 2.21. The smallest absolute Gasteiger partial charge is 0.193 e. The first-order valence-corrected chi connectivity index (χ1v) is 10.1. The molecule has 0 spiro atoms. The number of likely N-dealkylation sites (tertiary alicyclic amines) is 2. The van der Waals surface area contributed by atoms with Gasteiger partial charge >= 0.3 is 0 Å². The van der Waals surface area contributed by atoms with Gasteiger partial charge in [0.25, 0.3) is 0 Å². The molecule has 0 bridgehead atoms. The van der Waals surface area contributed by atoms with Crippen molar-refractivity contribution in [1.29, 1.82) is 0 Å². The second-order valence-corrected chi connectivity index (χ2v) is 7.61. The van der Waals surface area contributed by atoms with Crippen LogP contribution < -0.4 is 5.32 Å². The average molecular weight is 491 g/mol. The summed E-state index contributed by atoms with van der Waals surface area (Å²) in [5.74, 6) is 1.83. The minimum atomic E-state index is 0. The van der Waals surface area contributed by atoms with E-state index in [9.17, 15) is 0 Å². The zero-order chi connectivity index (χ0) is 17.5. The van der Waals surface area contributed by atoms with E-state index in [1.807, 2.05) is 12.1 Å². The lowest BCUT2D eigenvalue weighted by atomic mass is 9.96. The van der Waals surface area contributed by atoms with Crippen molar-refractivity contribution in [3.05, 3.63) is 34.9 Å². The maximum Gasteiger partial charge on any atom is 0.193 e. The van der Waals surface area contributed by atoms with Gasteiger partial charge in [0.2, 0.25) is 0 Å². The lowest BCUT2D eigenvalue weighted by molar-refractivity contribution is 0.180. The summed E-state index contributed by atoms with van der Waals surface area (Å²) in [5.41, 5.74) is 1.24. The summed E-state index contributed by atoms with van der Waals surface area (Å²) in [6, 6.07) is 8.19. The summed E-state index contributed by atoms with van der Waals surface area (Å²) in [7, 11) is 0. The molecule has 3 rings (SSSR count). The standard InChI is InChI=1S/C20H31ClN4.HI/c1-2-22-20(25-11-5-6-12-25)23-15-17-9-13-24(14-10-17)16-18-7-3-4-8-19(18)21;/h3-4,7-8,17H,2,5-6,9-16H2,1H3,(H,22,23);1H. The van der Waals surface area contributed by atoms with Gasteiger partial charge in [0, 0.05) is 37.7 Å². The zero-order valence-corrected chi connectivity index (χ0v) is 18.9. The highest BCUT2D eigenvalue weighted by Crippen LogP contribution is 2.22. The van der Waals surface area contributed by atoms with Crippen LogP contribution >= 0.6 is 35.6 Å². The van der Waals surface area contributed by atoms with Crippen LogP contribution in [0.25, 0.3) is 0 Å². The second kappa shape index (κ2) is 11.3. The third-order valence-electron chi connectivity index (χ3n) is 5.30. The Bertz CT molecular complexity index is 567. The van der Waals surface area contributed by atoms with Crippen molar-refractivity contribution >= 4 is 41.5 Å². The molecule has 2 aliphatic heterocycles. The van der Waals surface area contributed by atoms with Crippen molar-refractivity contribution in [2.75, 3.05) is 39.3 Å². The minimum Gasteiger partial charge on any atom is -0.357 e. The Balaban J connectivity index is 0.00000243. The molecule has 2 fully saturated rings. The normalized spacial score (nSPS) is 19.5. The van der Waals surface area contributed by atoms with Gasteiger partial charge in [-0.15, -0.1) is 24.0 Å². The molecule has 6 heteroatoms. The van der Waals surface area contributed by atoms with Gasteiger partial charge in [-0.2, -0.15) is 0 Å². The Morgan fingerprint density at radius 3 is 2.50 bits per heavy atom. The molecule has 2 saturated heterocycles. The molecule has 1 aromatic rings. The fraction of sp³-hybridized carbons (Fsp3) is 0.650. The van der Waals surface area contributed by atoms with E-state index < -0.39 is 0 Å². The van der Waals surface area contributed by atoms with Gasteiger partial charge in [-0.3, -0.25) is 9.89 Å². The summed E-state index contributed by atoms with van der Waals surface area (Å²) in [5, 5.41) is 4.35. The molecule has 1 N–H and O–H groups in total. The van der Waals surface area contributed by atoms with Crippen LogP contribution in [0.1, 0.15) is 38.2 Å². The number of hydrogen-bond donors (Lipinski definition) is 1. The van der Waals surface area contributed by atoms with E-state index in [4.69, 9.17) is 16.6 Å². The van der Waals surface area contributed by atoms with Crippen molar-refractivity contribution in [3.8, 4) is 0 Å². The summed E-state index contributed by atoms with van der Waals surface area (Å²) < 4.78 is 0. The Labute approximate surface area is 180 Å². The maximum absolute atomic E-state index is 6.29. The highest BCUT2D eigenvalue weighted by atomic mass is 127. The molecule has 2 heterocycles. The zero-order valence-electron chi connectivity index (χ0n) is 15.8. The van der Waals surface area contributed by atoms with Crippen molar-refractivity contribution in [2.45, 2.75) is 39.2 Å². The number of rotatable bonds is 5. The first-order valence-electron chi connectivity index (χ1n) is 9.75. The largest absolute Gasteiger partial charge is 0.357 e. The minimum absolute atomic E-state index is 0. The second-order valence-electron chi connectivity index (χ2n) is 7.20. The third-order valence-corrected chi connectivity index (χ3v) is 5.67. The van der Waals surface area contributed by atoms with Crippen molar-refractivity contribution in [1.82, 2.24) is 15.1 Å². The molecule has 0 radical (unpaired) electrons. The van der Waals surface area contributed by atoms with Crippen LogP contribution in [0, 0.1) is 5.92 Å². The van der Waals surface area contributed by atoms with Crippen LogP contribution in [-0.4, -0.2) is 55.0 Å². The number of guanidine groups is 1. The van der Waals surface area contributed by atoms with E-state index >= 15 is 0 Å². The molecule has 0 saturated carbocycles. The van der Waals surface area contributed by atoms with Crippen molar-refractivity contribution < 1.29 is 0 Å². The molecule has 146 valence electrons. The summed E-state index contributed by atoms with van der Waals surface area (Å²) >= 11 is 6.29. The van der Waals surface area contributed by atoms with Gasteiger partial charge in [0.1, 0.15) is 0 Å². The van der Waals surface area contributed by atoms with Gasteiger partial charge in [-0.25, -0.2) is 0 Å². The molecule has 0 atom stereocenters. The van der Waals surface area contributed by atoms with Gasteiger partial charge < -0.3 is 10.2 Å². The Morgan fingerprint density at radius 1 is 1.15 bits per heavy atom.